The van der Waals surface area contributed by atoms with Crippen LogP contribution in [0.5, 0.6) is 0 Å². The summed E-state index contributed by atoms with van der Waals surface area (Å²) in [6, 6.07) is 1.75. The molecule has 0 radical (unpaired) electrons. The Bertz CT molecular complexity index is 400. The van der Waals surface area contributed by atoms with Crippen molar-refractivity contribution in [1.82, 2.24) is 30.2 Å². The van der Waals surface area contributed by atoms with E-state index >= 15 is 0 Å². The highest BCUT2D eigenvalue weighted by atomic mass is 79.9. The highest BCUT2D eigenvalue weighted by molar-refractivity contribution is 9.09. The molecule has 0 spiro atoms. The molecular weight excluding hydrogens is 248 g/mol. The molecule has 0 amide bonds. The lowest BCUT2D eigenvalue weighted by Gasteiger charge is -1.99. The van der Waals surface area contributed by atoms with Gasteiger partial charge in [0, 0.05) is 24.1 Å². The van der Waals surface area contributed by atoms with Gasteiger partial charge in [0.15, 0.2) is 5.82 Å². The van der Waals surface area contributed by atoms with Crippen LogP contribution < -0.4 is 0 Å². The fourth-order valence-corrected chi connectivity index (χ4v) is 1.36. The summed E-state index contributed by atoms with van der Waals surface area (Å²) in [4.78, 5) is 8.12. The van der Waals surface area contributed by atoms with Crippen molar-refractivity contribution in [2.24, 2.45) is 0 Å². The molecule has 0 bridgehead atoms. The molecule has 0 fully saturated rings. The molecule has 6 nitrogen and oxygen atoms in total. The summed E-state index contributed by atoms with van der Waals surface area (Å²) in [5.41, 5.74) is 0. The van der Waals surface area contributed by atoms with Crippen LogP contribution >= 0.6 is 15.9 Å². The van der Waals surface area contributed by atoms with E-state index in [-0.39, 0.29) is 0 Å². The zero-order valence-electron chi connectivity index (χ0n) is 7.21. The van der Waals surface area contributed by atoms with E-state index in [0.717, 1.165) is 17.6 Å². The van der Waals surface area contributed by atoms with Crippen LogP contribution in [0.3, 0.4) is 0 Å². The molecular formula is C7H7BrN6. The zero-order chi connectivity index (χ0) is 9.80. The molecule has 0 N–H and O–H groups in total. The molecule has 72 valence electrons. The van der Waals surface area contributed by atoms with E-state index in [1.54, 1.807) is 18.5 Å². The van der Waals surface area contributed by atoms with Gasteiger partial charge in [-0.15, -0.1) is 5.10 Å². The normalized spacial score (nSPS) is 10.4. The molecule has 0 aromatic carbocycles. The molecule has 2 aromatic rings. The van der Waals surface area contributed by atoms with Crippen LogP contribution in [0, 0.1) is 0 Å². The van der Waals surface area contributed by atoms with Crippen LogP contribution in [0.2, 0.25) is 0 Å². The lowest BCUT2D eigenvalue weighted by atomic mass is 10.5. The second kappa shape index (κ2) is 4.23. The van der Waals surface area contributed by atoms with Gasteiger partial charge in [-0.25, -0.2) is 9.97 Å². The van der Waals surface area contributed by atoms with Crippen molar-refractivity contribution in [3.8, 4) is 5.95 Å². The summed E-state index contributed by atoms with van der Waals surface area (Å²) in [6.45, 7) is 0. The number of hydrogen-bond donors (Lipinski definition) is 0. The molecule has 2 heterocycles. The lowest BCUT2D eigenvalue weighted by Crippen LogP contribution is -2.07. The van der Waals surface area contributed by atoms with Gasteiger partial charge in [0.05, 0.1) is 0 Å². The summed E-state index contributed by atoms with van der Waals surface area (Å²) in [7, 11) is 0. The van der Waals surface area contributed by atoms with Crippen molar-refractivity contribution in [2.75, 3.05) is 5.33 Å². The van der Waals surface area contributed by atoms with Gasteiger partial charge in [-0.05, 0) is 16.5 Å². The maximum Gasteiger partial charge on any atom is 0.253 e. The number of alkyl halides is 1. The minimum absolute atomic E-state index is 0.494. The molecule has 0 atom stereocenters. The van der Waals surface area contributed by atoms with Crippen LogP contribution in [-0.2, 0) is 6.42 Å². The maximum absolute atomic E-state index is 4.06. The minimum Gasteiger partial charge on any atom is -0.220 e. The third-order valence-electron chi connectivity index (χ3n) is 1.59. The molecule has 0 saturated carbocycles. The third-order valence-corrected chi connectivity index (χ3v) is 1.99. The number of tetrazole rings is 1. The van der Waals surface area contributed by atoms with Crippen molar-refractivity contribution in [2.45, 2.75) is 6.42 Å². The number of halogens is 1. The van der Waals surface area contributed by atoms with E-state index < -0.39 is 0 Å². The first kappa shape index (κ1) is 9.20. The van der Waals surface area contributed by atoms with E-state index in [1.165, 1.54) is 4.68 Å². The summed E-state index contributed by atoms with van der Waals surface area (Å²) >= 11 is 3.33. The fraction of sp³-hybridized carbons (Fsp3) is 0.286. The molecule has 0 unspecified atom stereocenters. The predicted molar refractivity (Wildman–Crippen MR) is 52.2 cm³/mol. The van der Waals surface area contributed by atoms with Crippen LogP contribution in [0.4, 0.5) is 0 Å². The summed E-state index contributed by atoms with van der Waals surface area (Å²) in [5.74, 6) is 1.24. The number of hydrogen-bond acceptors (Lipinski definition) is 5. The Morgan fingerprint density at radius 1 is 1.29 bits per heavy atom. The first-order valence-electron chi connectivity index (χ1n) is 4.02. The van der Waals surface area contributed by atoms with Gasteiger partial charge in [-0.2, -0.15) is 4.68 Å². The van der Waals surface area contributed by atoms with E-state index in [2.05, 4.69) is 41.4 Å². The number of nitrogens with zero attached hydrogens (tertiary/aromatic N) is 6. The van der Waals surface area contributed by atoms with Crippen molar-refractivity contribution in [3.05, 3.63) is 24.3 Å². The Labute approximate surface area is 88.5 Å². The van der Waals surface area contributed by atoms with E-state index in [0.29, 0.717) is 5.95 Å². The Balaban J connectivity index is 2.37. The number of aryl methyl sites for hydroxylation is 1. The smallest absolute Gasteiger partial charge is 0.220 e. The molecule has 0 aliphatic rings. The molecule has 0 aliphatic carbocycles. The van der Waals surface area contributed by atoms with Gasteiger partial charge in [0.1, 0.15) is 0 Å². The van der Waals surface area contributed by atoms with Crippen molar-refractivity contribution in [1.29, 1.82) is 0 Å². The molecule has 0 saturated heterocycles. The largest absolute Gasteiger partial charge is 0.253 e. The minimum atomic E-state index is 0.494. The number of aromatic nitrogens is 6. The molecule has 2 rings (SSSR count). The summed E-state index contributed by atoms with van der Waals surface area (Å²) in [5, 5.41) is 12.1. The molecule has 7 heteroatoms. The third kappa shape index (κ3) is 1.77. The molecule has 2 aromatic heterocycles. The van der Waals surface area contributed by atoms with E-state index in [9.17, 15) is 0 Å². The van der Waals surface area contributed by atoms with Crippen LogP contribution in [0.25, 0.3) is 5.95 Å². The lowest BCUT2D eigenvalue weighted by molar-refractivity contribution is 0.725. The van der Waals surface area contributed by atoms with Gasteiger partial charge < -0.3 is 0 Å². The monoisotopic (exact) mass is 254 g/mol. The highest BCUT2D eigenvalue weighted by Crippen LogP contribution is 2.01. The van der Waals surface area contributed by atoms with Crippen molar-refractivity contribution >= 4 is 15.9 Å². The highest BCUT2D eigenvalue weighted by Gasteiger charge is 2.08. The quantitative estimate of drug-likeness (QED) is 0.742. The second-order valence-corrected chi connectivity index (χ2v) is 3.29. The maximum atomic E-state index is 4.06. The average molecular weight is 255 g/mol. The SMILES string of the molecule is BrCCc1nnnn1-c1ncccn1. The van der Waals surface area contributed by atoms with Crippen molar-refractivity contribution < 1.29 is 0 Å². The Kier molecular flexibility index (Phi) is 2.78. The van der Waals surface area contributed by atoms with Gasteiger partial charge >= 0.3 is 0 Å². The van der Waals surface area contributed by atoms with Gasteiger partial charge in [-0.3, -0.25) is 0 Å². The van der Waals surface area contributed by atoms with Crippen LogP contribution in [0.1, 0.15) is 5.82 Å². The van der Waals surface area contributed by atoms with Crippen LogP contribution in [-0.4, -0.2) is 35.5 Å². The Morgan fingerprint density at radius 3 is 2.79 bits per heavy atom. The topological polar surface area (TPSA) is 69.4 Å². The second-order valence-electron chi connectivity index (χ2n) is 2.49. The Morgan fingerprint density at radius 2 is 2.07 bits per heavy atom. The molecule has 14 heavy (non-hydrogen) atoms. The summed E-state index contributed by atoms with van der Waals surface area (Å²) in [6.07, 6.45) is 4.05. The Hall–Kier alpha value is -1.37. The van der Waals surface area contributed by atoms with Gasteiger partial charge in [-0.1, -0.05) is 15.9 Å². The molecule has 0 aliphatic heterocycles. The van der Waals surface area contributed by atoms with E-state index in [1.807, 2.05) is 0 Å². The van der Waals surface area contributed by atoms with E-state index in [4.69, 9.17) is 0 Å². The predicted octanol–water partition coefficient (Wildman–Crippen LogP) is 0.390. The van der Waals surface area contributed by atoms with Gasteiger partial charge in [0.25, 0.3) is 5.95 Å². The van der Waals surface area contributed by atoms with Gasteiger partial charge in [0.2, 0.25) is 0 Å². The number of rotatable bonds is 3. The first-order chi connectivity index (χ1) is 6.92. The first-order valence-corrected chi connectivity index (χ1v) is 5.14. The van der Waals surface area contributed by atoms with Crippen molar-refractivity contribution in [3.63, 3.8) is 0 Å². The average Bonchev–Trinajstić information content (AvgIpc) is 2.68. The summed E-state index contributed by atoms with van der Waals surface area (Å²) < 4.78 is 1.53. The standard InChI is InChI=1S/C7H7BrN6/c8-3-2-6-11-12-13-14(6)7-9-4-1-5-10-7/h1,4-5H,2-3H2. The zero-order valence-corrected chi connectivity index (χ0v) is 8.79. The van der Waals surface area contributed by atoms with Crippen LogP contribution in [0.15, 0.2) is 18.5 Å². The fourth-order valence-electron chi connectivity index (χ4n) is 1.00.